The van der Waals surface area contributed by atoms with Crippen molar-refractivity contribution in [3.63, 3.8) is 0 Å². The molecule has 1 nitrogen and oxygen atoms in total. The fourth-order valence-electron chi connectivity index (χ4n) is 1.92. The minimum Gasteiger partial charge on any atom is -0.379 e. The van der Waals surface area contributed by atoms with Gasteiger partial charge in [0, 0.05) is 6.61 Å². The molecule has 1 heteroatoms. The molecule has 0 unspecified atom stereocenters. The summed E-state index contributed by atoms with van der Waals surface area (Å²) in [5.74, 6) is 0.599. The first kappa shape index (κ1) is 16.0. The fraction of sp³-hybridized carbons (Fsp3) is 0.556. The number of ether oxygens (including phenoxy) is 1. The quantitative estimate of drug-likeness (QED) is 0.567. The molecule has 0 heterocycles. The molecule has 0 aromatic heterocycles. The van der Waals surface area contributed by atoms with Crippen LogP contribution in [0.5, 0.6) is 0 Å². The zero-order valence-electron chi connectivity index (χ0n) is 12.9. The molecule has 0 aliphatic carbocycles. The van der Waals surface area contributed by atoms with Crippen LogP contribution in [0.1, 0.15) is 64.0 Å². The van der Waals surface area contributed by atoms with Crippen LogP contribution in [0, 0.1) is 0 Å². The predicted molar refractivity (Wildman–Crippen MR) is 84.5 cm³/mol. The van der Waals surface area contributed by atoms with E-state index in [1.165, 1.54) is 17.5 Å². The van der Waals surface area contributed by atoms with Crippen LogP contribution in [0.4, 0.5) is 0 Å². The standard InChI is InChI=1S/C18H28O/c1-15(2)18-12-9-11-17(14-18)10-7-5-6-8-13-19-16(3)4/h7,9-12,14-16H,5-6,8,13H2,1-4H3/b10-7+. The van der Waals surface area contributed by atoms with Gasteiger partial charge in [-0.05, 0) is 50.2 Å². The number of hydrogen-bond acceptors (Lipinski definition) is 1. The van der Waals surface area contributed by atoms with Crippen LogP contribution in [0.3, 0.4) is 0 Å². The van der Waals surface area contributed by atoms with Crippen molar-refractivity contribution in [1.29, 1.82) is 0 Å². The smallest absolute Gasteiger partial charge is 0.0518 e. The monoisotopic (exact) mass is 260 g/mol. The molecular formula is C18H28O. The highest BCUT2D eigenvalue weighted by molar-refractivity contribution is 5.50. The van der Waals surface area contributed by atoms with Crippen molar-refractivity contribution in [2.24, 2.45) is 0 Å². The van der Waals surface area contributed by atoms with Gasteiger partial charge in [-0.3, -0.25) is 0 Å². The maximum atomic E-state index is 5.52. The minimum atomic E-state index is 0.356. The van der Waals surface area contributed by atoms with Crippen molar-refractivity contribution in [3.8, 4) is 0 Å². The Labute approximate surface area is 118 Å². The Morgan fingerprint density at radius 3 is 2.58 bits per heavy atom. The third kappa shape index (κ3) is 7.17. The average molecular weight is 260 g/mol. The molecule has 0 radical (unpaired) electrons. The summed E-state index contributed by atoms with van der Waals surface area (Å²) in [6, 6.07) is 8.80. The first-order chi connectivity index (χ1) is 9.09. The van der Waals surface area contributed by atoms with E-state index in [0.29, 0.717) is 12.0 Å². The van der Waals surface area contributed by atoms with Crippen molar-refractivity contribution < 1.29 is 4.74 Å². The van der Waals surface area contributed by atoms with Gasteiger partial charge in [0.25, 0.3) is 0 Å². The summed E-state index contributed by atoms with van der Waals surface area (Å²) in [5.41, 5.74) is 2.72. The number of rotatable bonds is 8. The van der Waals surface area contributed by atoms with E-state index in [1.807, 2.05) is 0 Å². The van der Waals surface area contributed by atoms with Gasteiger partial charge in [-0.2, -0.15) is 0 Å². The van der Waals surface area contributed by atoms with Crippen molar-refractivity contribution in [2.75, 3.05) is 6.61 Å². The lowest BCUT2D eigenvalue weighted by Gasteiger charge is -2.06. The number of unbranched alkanes of at least 4 members (excludes halogenated alkanes) is 2. The number of hydrogen-bond donors (Lipinski definition) is 0. The summed E-state index contributed by atoms with van der Waals surface area (Å²) >= 11 is 0. The molecule has 0 saturated heterocycles. The summed E-state index contributed by atoms with van der Waals surface area (Å²) in [5, 5.41) is 0. The van der Waals surface area contributed by atoms with E-state index in [2.05, 4.69) is 64.1 Å². The molecule has 0 atom stereocenters. The Bertz CT molecular complexity index is 377. The Balaban J connectivity index is 2.27. The lowest BCUT2D eigenvalue weighted by molar-refractivity contribution is 0.0762. The second-order valence-corrected chi connectivity index (χ2v) is 5.64. The van der Waals surface area contributed by atoms with Crippen LogP contribution >= 0.6 is 0 Å². The number of allylic oxidation sites excluding steroid dienone is 1. The second kappa shape index (κ2) is 8.92. The normalized spacial score (nSPS) is 11.9. The molecule has 0 amide bonds. The average Bonchev–Trinajstić information content (AvgIpc) is 2.37. The minimum absolute atomic E-state index is 0.356. The first-order valence-electron chi connectivity index (χ1n) is 7.47. The van der Waals surface area contributed by atoms with Crippen molar-refractivity contribution in [2.45, 2.75) is 59.0 Å². The molecular weight excluding hydrogens is 232 g/mol. The summed E-state index contributed by atoms with van der Waals surface area (Å²) in [6.45, 7) is 9.52. The summed E-state index contributed by atoms with van der Waals surface area (Å²) in [4.78, 5) is 0. The molecule has 0 spiro atoms. The Kier molecular flexibility index (Phi) is 7.50. The van der Waals surface area contributed by atoms with E-state index in [9.17, 15) is 0 Å². The zero-order valence-corrected chi connectivity index (χ0v) is 12.9. The van der Waals surface area contributed by atoms with Gasteiger partial charge in [0.2, 0.25) is 0 Å². The van der Waals surface area contributed by atoms with E-state index in [0.717, 1.165) is 19.4 Å². The molecule has 0 N–H and O–H groups in total. The highest BCUT2D eigenvalue weighted by Crippen LogP contribution is 2.16. The van der Waals surface area contributed by atoms with Crippen molar-refractivity contribution in [3.05, 3.63) is 41.5 Å². The van der Waals surface area contributed by atoms with Gasteiger partial charge in [0.1, 0.15) is 0 Å². The molecule has 106 valence electrons. The molecule has 1 aromatic carbocycles. The zero-order chi connectivity index (χ0) is 14.1. The molecule has 0 aliphatic heterocycles. The van der Waals surface area contributed by atoms with Gasteiger partial charge in [-0.1, -0.05) is 50.3 Å². The van der Waals surface area contributed by atoms with E-state index in [1.54, 1.807) is 0 Å². The molecule has 1 aromatic rings. The van der Waals surface area contributed by atoms with Gasteiger partial charge < -0.3 is 4.74 Å². The van der Waals surface area contributed by atoms with Crippen LogP contribution in [0.25, 0.3) is 6.08 Å². The molecule has 1 rings (SSSR count). The van der Waals surface area contributed by atoms with Crippen molar-refractivity contribution in [1.82, 2.24) is 0 Å². The van der Waals surface area contributed by atoms with Crippen LogP contribution in [-0.2, 0) is 4.74 Å². The third-order valence-corrected chi connectivity index (χ3v) is 3.10. The van der Waals surface area contributed by atoms with Crippen LogP contribution in [0.2, 0.25) is 0 Å². The van der Waals surface area contributed by atoms with Gasteiger partial charge in [-0.15, -0.1) is 0 Å². The van der Waals surface area contributed by atoms with E-state index in [4.69, 9.17) is 4.74 Å². The largest absolute Gasteiger partial charge is 0.379 e. The molecule has 0 aliphatic rings. The van der Waals surface area contributed by atoms with Crippen LogP contribution < -0.4 is 0 Å². The van der Waals surface area contributed by atoms with Gasteiger partial charge in [0.05, 0.1) is 6.10 Å². The summed E-state index contributed by atoms with van der Waals surface area (Å²) < 4.78 is 5.52. The van der Waals surface area contributed by atoms with Gasteiger partial charge in [0.15, 0.2) is 0 Å². The predicted octanol–water partition coefficient (Wildman–Crippen LogP) is 5.42. The Hall–Kier alpha value is -1.08. The summed E-state index contributed by atoms with van der Waals surface area (Å²) in [7, 11) is 0. The lowest BCUT2D eigenvalue weighted by atomic mass is 10.0. The summed E-state index contributed by atoms with van der Waals surface area (Å²) in [6.07, 6.45) is 8.34. The first-order valence-corrected chi connectivity index (χ1v) is 7.47. The van der Waals surface area contributed by atoms with E-state index < -0.39 is 0 Å². The molecule has 0 bridgehead atoms. The number of benzene rings is 1. The topological polar surface area (TPSA) is 9.23 Å². The van der Waals surface area contributed by atoms with Crippen LogP contribution in [-0.4, -0.2) is 12.7 Å². The molecule has 0 fully saturated rings. The van der Waals surface area contributed by atoms with E-state index >= 15 is 0 Å². The highest BCUT2D eigenvalue weighted by Gasteiger charge is 1.98. The van der Waals surface area contributed by atoms with Crippen molar-refractivity contribution >= 4 is 6.08 Å². The highest BCUT2D eigenvalue weighted by atomic mass is 16.5. The third-order valence-electron chi connectivity index (χ3n) is 3.10. The maximum absolute atomic E-state index is 5.52. The second-order valence-electron chi connectivity index (χ2n) is 5.64. The van der Waals surface area contributed by atoms with E-state index in [-0.39, 0.29) is 0 Å². The maximum Gasteiger partial charge on any atom is 0.0518 e. The lowest BCUT2D eigenvalue weighted by Crippen LogP contribution is -2.03. The Morgan fingerprint density at radius 2 is 1.89 bits per heavy atom. The fourth-order valence-corrected chi connectivity index (χ4v) is 1.92. The molecule has 19 heavy (non-hydrogen) atoms. The molecule has 0 saturated carbocycles. The SMILES string of the molecule is CC(C)OCCCC/C=C/c1cccc(C(C)C)c1. The van der Waals surface area contributed by atoms with Gasteiger partial charge >= 0.3 is 0 Å². The van der Waals surface area contributed by atoms with Gasteiger partial charge in [-0.25, -0.2) is 0 Å². The van der Waals surface area contributed by atoms with Crippen LogP contribution in [0.15, 0.2) is 30.3 Å². The Morgan fingerprint density at radius 1 is 1.11 bits per heavy atom.